The molecule has 1 unspecified atom stereocenters. The molecule has 0 aromatic heterocycles. The highest BCUT2D eigenvalue weighted by Crippen LogP contribution is 2.30. The van der Waals surface area contributed by atoms with Crippen molar-refractivity contribution in [1.82, 2.24) is 0 Å². The summed E-state index contributed by atoms with van der Waals surface area (Å²) >= 11 is 0. The third kappa shape index (κ3) is 2.26. The highest BCUT2D eigenvalue weighted by molar-refractivity contribution is 6.08. The lowest BCUT2D eigenvalue weighted by atomic mass is 9.93. The lowest BCUT2D eigenvalue weighted by Gasteiger charge is -2.35. The van der Waals surface area contributed by atoms with Crippen LogP contribution in [0.5, 0.6) is 0 Å². The first kappa shape index (κ1) is 12.0. The van der Waals surface area contributed by atoms with Crippen LogP contribution < -0.4 is 4.90 Å². The van der Waals surface area contributed by atoms with Gasteiger partial charge in [0, 0.05) is 17.8 Å². The Balaban J connectivity index is 1.99. The molecule has 0 bridgehead atoms. The van der Waals surface area contributed by atoms with Gasteiger partial charge in [-0.3, -0.25) is 5.41 Å². The van der Waals surface area contributed by atoms with Crippen LogP contribution in [-0.4, -0.2) is 12.4 Å². The maximum absolute atomic E-state index is 8.47. The Morgan fingerprint density at radius 3 is 2.53 bits per heavy atom. The second-order valence-corrected chi connectivity index (χ2v) is 5.26. The largest absolute Gasteiger partial charge is 0.326 e. The van der Waals surface area contributed by atoms with Crippen LogP contribution in [-0.2, 0) is 6.42 Å². The van der Waals surface area contributed by atoms with Crippen molar-refractivity contribution in [1.29, 1.82) is 5.41 Å². The summed E-state index contributed by atoms with van der Waals surface area (Å²) in [5.74, 6) is 1.18. The van der Waals surface area contributed by atoms with Gasteiger partial charge in [0.25, 0.3) is 0 Å². The SMILES string of the molecule is CC1Cc2ccccc2N(C(=N)c2ccccc2)C1. The van der Waals surface area contributed by atoms with E-state index < -0.39 is 0 Å². The van der Waals surface area contributed by atoms with Crippen LogP contribution in [0, 0.1) is 11.3 Å². The van der Waals surface area contributed by atoms with Gasteiger partial charge in [-0.15, -0.1) is 0 Å². The Labute approximate surface area is 114 Å². The molecule has 2 aromatic rings. The molecule has 0 saturated heterocycles. The molecule has 0 amide bonds. The summed E-state index contributed by atoms with van der Waals surface area (Å²) in [5, 5.41) is 8.47. The van der Waals surface area contributed by atoms with Crippen molar-refractivity contribution in [3.8, 4) is 0 Å². The smallest absolute Gasteiger partial charge is 0.132 e. The van der Waals surface area contributed by atoms with E-state index in [2.05, 4.69) is 36.1 Å². The van der Waals surface area contributed by atoms with Crippen LogP contribution in [0.2, 0.25) is 0 Å². The minimum absolute atomic E-state index is 0.582. The van der Waals surface area contributed by atoms with Crippen LogP contribution in [0.4, 0.5) is 5.69 Å². The number of anilines is 1. The first-order valence-electron chi connectivity index (χ1n) is 6.75. The summed E-state index contributed by atoms with van der Waals surface area (Å²) in [6.45, 7) is 3.17. The highest BCUT2D eigenvalue weighted by Gasteiger charge is 2.24. The molecule has 0 fully saturated rings. The first-order valence-corrected chi connectivity index (χ1v) is 6.75. The third-order valence-corrected chi connectivity index (χ3v) is 3.66. The van der Waals surface area contributed by atoms with Gasteiger partial charge >= 0.3 is 0 Å². The van der Waals surface area contributed by atoms with Crippen molar-refractivity contribution < 1.29 is 0 Å². The van der Waals surface area contributed by atoms with E-state index in [1.807, 2.05) is 30.3 Å². The van der Waals surface area contributed by atoms with Crippen LogP contribution in [0.25, 0.3) is 0 Å². The number of amidine groups is 1. The van der Waals surface area contributed by atoms with Gasteiger partial charge in [-0.1, -0.05) is 55.5 Å². The lowest BCUT2D eigenvalue weighted by molar-refractivity contribution is 0.567. The quantitative estimate of drug-likeness (QED) is 0.606. The molecule has 2 nitrogen and oxygen atoms in total. The minimum atomic E-state index is 0.582. The van der Waals surface area contributed by atoms with Gasteiger partial charge in [-0.2, -0.15) is 0 Å². The fourth-order valence-electron chi connectivity index (χ4n) is 2.76. The zero-order chi connectivity index (χ0) is 13.2. The summed E-state index contributed by atoms with van der Waals surface area (Å²) in [7, 11) is 0. The molecule has 96 valence electrons. The van der Waals surface area contributed by atoms with Crippen LogP contribution in [0.3, 0.4) is 0 Å². The molecule has 1 aliphatic heterocycles. The predicted octanol–water partition coefficient (Wildman–Crippen LogP) is 3.71. The van der Waals surface area contributed by atoms with E-state index in [9.17, 15) is 0 Å². The number of hydrogen-bond acceptors (Lipinski definition) is 1. The van der Waals surface area contributed by atoms with Gasteiger partial charge in [-0.25, -0.2) is 0 Å². The van der Waals surface area contributed by atoms with Crippen molar-refractivity contribution in [2.75, 3.05) is 11.4 Å². The number of nitrogens with zero attached hydrogens (tertiary/aromatic N) is 1. The molecular weight excluding hydrogens is 232 g/mol. The van der Waals surface area contributed by atoms with Crippen molar-refractivity contribution in [3.05, 3.63) is 65.7 Å². The van der Waals surface area contributed by atoms with Crippen molar-refractivity contribution in [2.24, 2.45) is 5.92 Å². The third-order valence-electron chi connectivity index (χ3n) is 3.66. The van der Waals surface area contributed by atoms with Crippen LogP contribution in [0.15, 0.2) is 54.6 Å². The monoisotopic (exact) mass is 250 g/mol. The molecule has 0 aliphatic carbocycles. The number of para-hydroxylation sites is 1. The number of fused-ring (bicyclic) bond motifs is 1. The fraction of sp³-hybridized carbons (Fsp3) is 0.235. The molecule has 1 N–H and O–H groups in total. The standard InChI is InChI=1S/C17H18N2/c1-13-11-15-9-5-6-10-16(15)19(12-13)17(18)14-7-3-2-4-8-14/h2-10,13,18H,11-12H2,1H3. The number of benzene rings is 2. The average molecular weight is 250 g/mol. The summed E-state index contributed by atoms with van der Waals surface area (Å²) in [6.07, 6.45) is 1.11. The van der Waals surface area contributed by atoms with Gasteiger partial charge < -0.3 is 4.90 Å². The average Bonchev–Trinajstić information content (AvgIpc) is 2.46. The zero-order valence-electron chi connectivity index (χ0n) is 11.1. The minimum Gasteiger partial charge on any atom is -0.326 e. The molecule has 19 heavy (non-hydrogen) atoms. The van der Waals surface area contributed by atoms with Gasteiger partial charge in [0.05, 0.1) is 0 Å². The van der Waals surface area contributed by atoms with Crippen molar-refractivity contribution in [3.63, 3.8) is 0 Å². The van der Waals surface area contributed by atoms with E-state index in [4.69, 9.17) is 5.41 Å². The van der Waals surface area contributed by atoms with E-state index in [1.165, 1.54) is 11.3 Å². The predicted molar refractivity (Wildman–Crippen MR) is 79.9 cm³/mol. The Kier molecular flexibility index (Phi) is 3.08. The zero-order valence-corrected chi connectivity index (χ0v) is 11.1. The Hall–Kier alpha value is -2.09. The van der Waals surface area contributed by atoms with Crippen molar-refractivity contribution >= 4 is 11.5 Å². The molecule has 3 rings (SSSR count). The lowest BCUT2D eigenvalue weighted by Crippen LogP contribution is -2.39. The molecular formula is C17H18N2. The van der Waals surface area contributed by atoms with Crippen LogP contribution >= 0.6 is 0 Å². The number of rotatable bonds is 1. The van der Waals surface area contributed by atoms with Crippen molar-refractivity contribution in [2.45, 2.75) is 13.3 Å². The topological polar surface area (TPSA) is 27.1 Å². The number of hydrogen-bond donors (Lipinski definition) is 1. The second-order valence-electron chi connectivity index (χ2n) is 5.26. The molecule has 1 heterocycles. The van der Waals surface area contributed by atoms with E-state index >= 15 is 0 Å². The van der Waals surface area contributed by atoms with E-state index in [0.717, 1.165) is 18.5 Å². The van der Waals surface area contributed by atoms with E-state index in [-0.39, 0.29) is 0 Å². The molecule has 2 heteroatoms. The van der Waals surface area contributed by atoms with Gasteiger partial charge in [-0.05, 0) is 24.0 Å². The molecule has 0 saturated carbocycles. The number of nitrogens with one attached hydrogen (secondary N) is 1. The maximum atomic E-state index is 8.47. The Morgan fingerprint density at radius 1 is 1.05 bits per heavy atom. The second kappa shape index (κ2) is 4.88. The van der Waals surface area contributed by atoms with E-state index in [0.29, 0.717) is 11.8 Å². The summed E-state index contributed by atoms with van der Waals surface area (Å²) in [5.41, 5.74) is 3.52. The van der Waals surface area contributed by atoms with Gasteiger partial charge in [0.15, 0.2) is 0 Å². The fourth-order valence-corrected chi connectivity index (χ4v) is 2.76. The Morgan fingerprint density at radius 2 is 1.74 bits per heavy atom. The van der Waals surface area contributed by atoms with E-state index in [1.54, 1.807) is 0 Å². The van der Waals surface area contributed by atoms with Gasteiger partial charge in [0.1, 0.15) is 5.84 Å². The maximum Gasteiger partial charge on any atom is 0.132 e. The summed E-state index contributed by atoms with van der Waals surface area (Å²) in [6, 6.07) is 18.4. The molecule has 0 radical (unpaired) electrons. The summed E-state index contributed by atoms with van der Waals surface area (Å²) < 4.78 is 0. The van der Waals surface area contributed by atoms with Gasteiger partial charge in [0.2, 0.25) is 0 Å². The first-order chi connectivity index (χ1) is 9.25. The Bertz CT molecular complexity index is 589. The molecule has 1 aliphatic rings. The molecule has 2 aromatic carbocycles. The summed E-state index contributed by atoms with van der Waals surface area (Å²) in [4.78, 5) is 2.14. The molecule has 0 spiro atoms. The highest BCUT2D eigenvalue weighted by atomic mass is 15.2. The molecule has 1 atom stereocenters. The normalized spacial score (nSPS) is 17.9. The van der Waals surface area contributed by atoms with Crippen LogP contribution in [0.1, 0.15) is 18.1 Å².